The molecular formula is C21H17Cl3FNO2. The Hall–Kier alpha value is -2.14. The average molecular weight is 441 g/mol. The van der Waals surface area contributed by atoms with Gasteiger partial charge >= 0.3 is 0 Å². The number of ether oxygens (including phenoxy) is 2. The number of anilines is 1. The van der Waals surface area contributed by atoms with Gasteiger partial charge in [0.2, 0.25) is 0 Å². The molecule has 28 heavy (non-hydrogen) atoms. The first kappa shape index (κ1) is 20.6. The third-order valence-corrected chi connectivity index (χ3v) is 4.84. The van der Waals surface area contributed by atoms with E-state index in [0.717, 1.165) is 16.8 Å². The molecule has 0 radical (unpaired) electrons. The fraction of sp³-hybridized carbons (Fsp3) is 0.143. The number of rotatable bonds is 7. The van der Waals surface area contributed by atoms with Crippen molar-refractivity contribution in [3.63, 3.8) is 0 Å². The minimum Gasteiger partial charge on any atom is -0.493 e. The highest BCUT2D eigenvalue weighted by molar-refractivity contribution is 6.35. The zero-order chi connectivity index (χ0) is 20.1. The van der Waals surface area contributed by atoms with Crippen molar-refractivity contribution in [2.24, 2.45) is 0 Å². The molecule has 0 saturated carbocycles. The van der Waals surface area contributed by atoms with Crippen LogP contribution in [0.4, 0.5) is 10.1 Å². The highest BCUT2D eigenvalue weighted by Crippen LogP contribution is 2.37. The van der Waals surface area contributed by atoms with E-state index in [4.69, 9.17) is 44.3 Å². The van der Waals surface area contributed by atoms with Crippen LogP contribution in [0.2, 0.25) is 15.1 Å². The first-order valence-electron chi connectivity index (χ1n) is 8.39. The molecule has 3 aromatic carbocycles. The Morgan fingerprint density at radius 3 is 2.36 bits per heavy atom. The largest absolute Gasteiger partial charge is 0.493 e. The lowest BCUT2D eigenvalue weighted by molar-refractivity contribution is 0.284. The summed E-state index contributed by atoms with van der Waals surface area (Å²) in [5.74, 6) is 0.637. The van der Waals surface area contributed by atoms with Crippen molar-refractivity contribution in [3.05, 3.63) is 86.6 Å². The van der Waals surface area contributed by atoms with Gasteiger partial charge in [0.1, 0.15) is 12.4 Å². The predicted octanol–water partition coefficient (Wildman–Crippen LogP) is 6.99. The number of hydrogen-bond acceptors (Lipinski definition) is 3. The molecule has 3 nitrogen and oxygen atoms in total. The van der Waals surface area contributed by atoms with Gasteiger partial charge in [-0.2, -0.15) is 0 Å². The Bertz CT molecular complexity index is 965. The molecule has 0 heterocycles. The molecule has 0 aliphatic rings. The van der Waals surface area contributed by atoms with Gasteiger partial charge in [0.05, 0.1) is 22.8 Å². The lowest BCUT2D eigenvalue weighted by Gasteiger charge is -2.15. The van der Waals surface area contributed by atoms with E-state index in [1.165, 1.54) is 12.1 Å². The van der Waals surface area contributed by atoms with E-state index in [9.17, 15) is 4.39 Å². The van der Waals surface area contributed by atoms with E-state index < -0.39 is 0 Å². The summed E-state index contributed by atoms with van der Waals surface area (Å²) in [6.07, 6.45) is 0. The van der Waals surface area contributed by atoms with Crippen molar-refractivity contribution in [1.29, 1.82) is 0 Å². The Kier molecular flexibility index (Phi) is 6.89. The van der Waals surface area contributed by atoms with E-state index in [-0.39, 0.29) is 12.4 Å². The van der Waals surface area contributed by atoms with Gasteiger partial charge in [-0.3, -0.25) is 0 Å². The van der Waals surface area contributed by atoms with Crippen LogP contribution < -0.4 is 14.8 Å². The molecule has 0 amide bonds. The summed E-state index contributed by atoms with van der Waals surface area (Å²) in [7, 11) is 1.54. The molecule has 0 aliphatic heterocycles. The molecule has 3 aromatic rings. The molecule has 0 unspecified atom stereocenters. The lowest BCUT2D eigenvalue weighted by Crippen LogP contribution is -2.03. The summed E-state index contributed by atoms with van der Waals surface area (Å²) >= 11 is 18.6. The molecule has 146 valence electrons. The molecule has 0 aliphatic carbocycles. The fourth-order valence-electron chi connectivity index (χ4n) is 2.58. The van der Waals surface area contributed by atoms with Crippen LogP contribution in [-0.4, -0.2) is 7.11 Å². The van der Waals surface area contributed by atoms with E-state index in [1.807, 2.05) is 6.07 Å². The zero-order valence-corrected chi connectivity index (χ0v) is 17.2. The van der Waals surface area contributed by atoms with Crippen LogP contribution in [0.5, 0.6) is 11.5 Å². The molecule has 7 heteroatoms. The summed E-state index contributed by atoms with van der Waals surface area (Å²) in [5, 5.41) is 4.80. The van der Waals surface area contributed by atoms with Crippen LogP contribution in [-0.2, 0) is 13.2 Å². The normalized spacial score (nSPS) is 10.6. The quantitative estimate of drug-likeness (QED) is 0.429. The molecule has 1 N–H and O–H groups in total. The molecule has 3 rings (SSSR count). The maximum Gasteiger partial charge on any atom is 0.180 e. The second-order valence-electron chi connectivity index (χ2n) is 6.00. The number of nitrogens with one attached hydrogen (secondary N) is 1. The Morgan fingerprint density at radius 2 is 1.64 bits per heavy atom. The third-order valence-electron chi connectivity index (χ3n) is 4.00. The summed E-state index contributed by atoms with van der Waals surface area (Å²) in [4.78, 5) is 0. The fourth-order valence-corrected chi connectivity index (χ4v) is 3.23. The van der Waals surface area contributed by atoms with Gasteiger partial charge in [-0.25, -0.2) is 4.39 Å². The summed E-state index contributed by atoms with van der Waals surface area (Å²) in [5.41, 5.74) is 2.42. The maximum absolute atomic E-state index is 13.0. The zero-order valence-electron chi connectivity index (χ0n) is 14.9. The van der Waals surface area contributed by atoms with Crippen LogP contribution in [0.25, 0.3) is 0 Å². The van der Waals surface area contributed by atoms with E-state index >= 15 is 0 Å². The van der Waals surface area contributed by atoms with Crippen molar-refractivity contribution < 1.29 is 13.9 Å². The summed E-state index contributed by atoms with van der Waals surface area (Å²) < 4.78 is 24.2. The summed E-state index contributed by atoms with van der Waals surface area (Å²) in [6, 6.07) is 14.9. The standard InChI is InChI=1S/C21H17Cl3FNO2/c1-27-20-9-14(11-26-19-10-15(22)4-7-17(19)23)8-18(24)21(20)28-12-13-2-5-16(25)6-3-13/h2-10,26H,11-12H2,1H3. The number of benzene rings is 3. The predicted molar refractivity (Wildman–Crippen MR) is 113 cm³/mol. The molecule has 0 spiro atoms. The second-order valence-corrected chi connectivity index (χ2v) is 7.25. The van der Waals surface area contributed by atoms with Gasteiger partial charge < -0.3 is 14.8 Å². The average Bonchev–Trinajstić information content (AvgIpc) is 2.68. The highest BCUT2D eigenvalue weighted by atomic mass is 35.5. The Labute approximate surface area is 177 Å². The number of methoxy groups -OCH3 is 1. The number of halogens is 4. The highest BCUT2D eigenvalue weighted by Gasteiger charge is 2.13. The van der Waals surface area contributed by atoms with Gasteiger partial charge in [-0.1, -0.05) is 46.9 Å². The molecule has 0 aromatic heterocycles. The summed E-state index contributed by atoms with van der Waals surface area (Å²) in [6.45, 7) is 0.709. The van der Waals surface area contributed by atoms with Crippen LogP contribution in [0.3, 0.4) is 0 Å². The van der Waals surface area contributed by atoms with Crippen molar-refractivity contribution >= 4 is 40.5 Å². The lowest BCUT2D eigenvalue weighted by atomic mass is 10.2. The van der Waals surface area contributed by atoms with E-state index in [1.54, 1.807) is 43.5 Å². The minimum atomic E-state index is -0.295. The Morgan fingerprint density at radius 1 is 0.893 bits per heavy atom. The van der Waals surface area contributed by atoms with Crippen molar-refractivity contribution in [3.8, 4) is 11.5 Å². The van der Waals surface area contributed by atoms with Crippen molar-refractivity contribution in [2.45, 2.75) is 13.2 Å². The van der Waals surface area contributed by atoms with Crippen molar-refractivity contribution in [2.75, 3.05) is 12.4 Å². The molecule has 0 fully saturated rings. The number of hydrogen-bond donors (Lipinski definition) is 1. The molecule has 0 atom stereocenters. The van der Waals surface area contributed by atoms with Gasteiger partial charge in [-0.15, -0.1) is 0 Å². The van der Waals surface area contributed by atoms with Crippen LogP contribution in [0.15, 0.2) is 54.6 Å². The van der Waals surface area contributed by atoms with Gasteiger partial charge in [0.25, 0.3) is 0 Å². The SMILES string of the molecule is COc1cc(CNc2cc(Cl)ccc2Cl)cc(Cl)c1OCc1ccc(F)cc1. The van der Waals surface area contributed by atoms with Gasteiger partial charge in [0.15, 0.2) is 11.5 Å². The van der Waals surface area contributed by atoms with E-state index in [0.29, 0.717) is 33.1 Å². The molecular weight excluding hydrogens is 424 g/mol. The second kappa shape index (κ2) is 9.37. The molecule has 0 saturated heterocycles. The van der Waals surface area contributed by atoms with Crippen molar-refractivity contribution in [1.82, 2.24) is 0 Å². The molecule has 0 bridgehead atoms. The van der Waals surface area contributed by atoms with Gasteiger partial charge in [0, 0.05) is 11.6 Å². The maximum atomic E-state index is 13.0. The monoisotopic (exact) mass is 439 g/mol. The minimum absolute atomic E-state index is 0.242. The first-order valence-corrected chi connectivity index (χ1v) is 9.52. The van der Waals surface area contributed by atoms with E-state index in [2.05, 4.69) is 5.32 Å². The smallest absolute Gasteiger partial charge is 0.180 e. The topological polar surface area (TPSA) is 30.5 Å². The first-order chi connectivity index (χ1) is 13.5. The Balaban J connectivity index is 1.73. The van der Waals surface area contributed by atoms with Crippen LogP contribution >= 0.6 is 34.8 Å². The van der Waals surface area contributed by atoms with Crippen LogP contribution in [0.1, 0.15) is 11.1 Å². The van der Waals surface area contributed by atoms with Crippen LogP contribution in [0, 0.1) is 5.82 Å². The third kappa shape index (κ3) is 5.22. The van der Waals surface area contributed by atoms with Gasteiger partial charge in [-0.05, 0) is 53.6 Å².